The fraction of sp³-hybridized carbons (Fsp3) is 0.350. The van der Waals surface area contributed by atoms with Gasteiger partial charge in [-0.1, -0.05) is 32.0 Å². The maximum atomic E-state index is 13.1. The molecule has 0 saturated carbocycles. The Labute approximate surface area is 156 Å². The summed E-state index contributed by atoms with van der Waals surface area (Å²) in [5.41, 5.74) is 3.30. The van der Waals surface area contributed by atoms with Gasteiger partial charge in [0.15, 0.2) is 11.2 Å². The van der Waals surface area contributed by atoms with Crippen LogP contribution in [0.15, 0.2) is 40.1 Å². The van der Waals surface area contributed by atoms with Crippen LogP contribution in [0, 0.1) is 19.8 Å². The summed E-state index contributed by atoms with van der Waals surface area (Å²) in [6.45, 7) is 8.38. The summed E-state index contributed by atoms with van der Waals surface area (Å²) in [5.74, 6) is 0.820. The Morgan fingerprint density at radius 1 is 1.11 bits per heavy atom. The first-order valence-electron chi connectivity index (χ1n) is 9.07. The molecule has 140 valence electrons. The highest BCUT2D eigenvalue weighted by molar-refractivity contribution is 5.76. The average molecular weight is 365 g/mol. The number of aryl methyl sites for hydroxylation is 3. The number of para-hydroxylation sites is 1. The van der Waals surface area contributed by atoms with Crippen molar-refractivity contribution in [3.05, 3.63) is 62.6 Å². The summed E-state index contributed by atoms with van der Waals surface area (Å²) in [5, 5.41) is 0. The average Bonchev–Trinajstić information content (AvgIpc) is 3.12. The second kappa shape index (κ2) is 5.97. The van der Waals surface area contributed by atoms with Gasteiger partial charge in [-0.05, 0) is 31.4 Å². The van der Waals surface area contributed by atoms with Crippen LogP contribution in [0.5, 0.6) is 0 Å². The third-order valence-electron chi connectivity index (χ3n) is 4.93. The van der Waals surface area contributed by atoms with Crippen LogP contribution in [0.3, 0.4) is 0 Å². The van der Waals surface area contributed by atoms with Crippen molar-refractivity contribution in [2.75, 3.05) is 0 Å². The van der Waals surface area contributed by atoms with Crippen LogP contribution < -0.4 is 11.2 Å². The lowest BCUT2D eigenvalue weighted by Gasteiger charge is -2.10. The number of fused-ring (bicyclic) bond motifs is 3. The van der Waals surface area contributed by atoms with Gasteiger partial charge in [-0.3, -0.25) is 22.9 Å². The molecule has 0 fully saturated rings. The van der Waals surface area contributed by atoms with E-state index in [4.69, 9.17) is 0 Å². The Kier molecular flexibility index (Phi) is 3.83. The van der Waals surface area contributed by atoms with Gasteiger partial charge in [0.25, 0.3) is 5.56 Å². The molecule has 0 bridgehead atoms. The summed E-state index contributed by atoms with van der Waals surface area (Å²) in [7, 11) is 1.67. The Hall–Kier alpha value is -3.09. The molecule has 3 heterocycles. The minimum atomic E-state index is -0.332. The number of benzene rings is 1. The molecule has 0 aliphatic rings. The smallest absolute Gasteiger partial charge is 0.283 e. The van der Waals surface area contributed by atoms with Crippen LogP contribution in [-0.4, -0.2) is 23.1 Å². The van der Waals surface area contributed by atoms with Crippen LogP contribution in [0.4, 0.5) is 0 Å². The van der Waals surface area contributed by atoms with E-state index >= 15 is 0 Å². The fourth-order valence-corrected chi connectivity index (χ4v) is 3.65. The van der Waals surface area contributed by atoms with Crippen molar-refractivity contribution in [1.29, 1.82) is 0 Å². The number of rotatable bonds is 3. The molecule has 1 aromatic carbocycles. The molecule has 0 amide bonds. The van der Waals surface area contributed by atoms with Crippen LogP contribution in [0.1, 0.15) is 25.1 Å². The van der Waals surface area contributed by atoms with E-state index in [0.717, 1.165) is 16.9 Å². The molecular weight excluding hydrogens is 342 g/mol. The first-order valence-corrected chi connectivity index (χ1v) is 9.07. The summed E-state index contributed by atoms with van der Waals surface area (Å²) >= 11 is 0. The first-order chi connectivity index (χ1) is 12.8. The molecule has 0 radical (unpaired) electrons. The molecular formula is C20H23N5O2. The lowest BCUT2D eigenvalue weighted by Crippen LogP contribution is -2.40. The van der Waals surface area contributed by atoms with E-state index in [0.29, 0.717) is 23.5 Å². The fourth-order valence-electron chi connectivity index (χ4n) is 3.65. The largest absolute Gasteiger partial charge is 0.332 e. The molecule has 4 rings (SSSR count). The third kappa shape index (κ3) is 2.45. The van der Waals surface area contributed by atoms with Crippen LogP contribution in [0.25, 0.3) is 22.6 Å². The van der Waals surface area contributed by atoms with Gasteiger partial charge < -0.3 is 0 Å². The first kappa shape index (κ1) is 17.3. The molecule has 0 spiro atoms. The quantitative estimate of drug-likeness (QED) is 0.560. The Bertz CT molecular complexity index is 1300. The molecule has 0 saturated heterocycles. The molecule has 0 aliphatic heterocycles. The molecule has 0 aliphatic carbocycles. The summed E-state index contributed by atoms with van der Waals surface area (Å²) < 4.78 is 6.59. The van der Waals surface area contributed by atoms with Crippen molar-refractivity contribution < 1.29 is 0 Å². The van der Waals surface area contributed by atoms with Gasteiger partial charge in [0, 0.05) is 25.5 Å². The SMILES string of the molecule is Cc1ccccc1-n1c(C)cn2c3c(=O)n(CC(C)C)c(=O)n(C)c3nc12. The predicted octanol–water partition coefficient (Wildman–Crippen LogP) is 2.41. The van der Waals surface area contributed by atoms with Crippen molar-refractivity contribution in [2.24, 2.45) is 13.0 Å². The monoisotopic (exact) mass is 365 g/mol. The summed E-state index contributed by atoms with van der Waals surface area (Å²) in [4.78, 5) is 30.5. The van der Waals surface area contributed by atoms with Crippen molar-refractivity contribution in [1.82, 2.24) is 23.1 Å². The maximum Gasteiger partial charge on any atom is 0.332 e. The van der Waals surface area contributed by atoms with E-state index in [1.807, 2.05) is 62.7 Å². The van der Waals surface area contributed by atoms with Gasteiger partial charge >= 0.3 is 5.69 Å². The number of aromatic nitrogens is 5. The van der Waals surface area contributed by atoms with Gasteiger partial charge in [-0.15, -0.1) is 0 Å². The molecule has 3 aromatic heterocycles. The van der Waals surface area contributed by atoms with Crippen LogP contribution in [0.2, 0.25) is 0 Å². The molecule has 4 aromatic rings. The Morgan fingerprint density at radius 3 is 2.48 bits per heavy atom. The van der Waals surface area contributed by atoms with Gasteiger partial charge in [-0.25, -0.2) is 4.79 Å². The van der Waals surface area contributed by atoms with E-state index in [1.165, 1.54) is 9.13 Å². The van der Waals surface area contributed by atoms with Crippen molar-refractivity contribution in [2.45, 2.75) is 34.2 Å². The normalized spacial score (nSPS) is 11.9. The highest BCUT2D eigenvalue weighted by atomic mass is 16.2. The molecule has 7 nitrogen and oxygen atoms in total. The van der Waals surface area contributed by atoms with Crippen LogP contribution >= 0.6 is 0 Å². The van der Waals surface area contributed by atoms with Crippen molar-refractivity contribution >= 4 is 16.9 Å². The lowest BCUT2D eigenvalue weighted by molar-refractivity contribution is 0.484. The molecule has 0 atom stereocenters. The second-order valence-corrected chi connectivity index (χ2v) is 7.50. The van der Waals surface area contributed by atoms with E-state index in [2.05, 4.69) is 4.98 Å². The predicted molar refractivity (Wildman–Crippen MR) is 106 cm³/mol. The highest BCUT2D eigenvalue weighted by Crippen LogP contribution is 2.23. The van der Waals surface area contributed by atoms with Gasteiger partial charge in [0.05, 0.1) is 5.69 Å². The zero-order valence-corrected chi connectivity index (χ0v) is 16.2. The standard InChI is InChI=1S/C20H23N5O2/c1-12(2)10-24-18(26)16-17(22(5)20(24)27)21-19-23(16)11-14(4)25(19)15-9-7-6-8-13(15)3/h6-9,11-12H,10H2,1-5H3. The Balaban J connectivity index is 2.15. The van der Waals surface area contributed by atoms with Crippen LogP contribution in [-0.2, 0) is 13.6 Å². The van der Waals surface area contributed by atoms with Gasteiger partial charge in [0.1, 0.15) is 0 Å². The van der Waals surface area contributed by atoms with E-state index in [-0.39, 0.29) is 17.2 Å². The maximum absolute atomic E-state index is 13.1. The zero-order chi connectivity index (χ0) is 19.5. The second-order valence-electron chi connectivity index (χ2n) is 7.50. The molecule has 0 N–H and O–H groups in total. The molecule has 7 heteroatoms. The van der Waals surface area contributed by atoms with Gasteiger partial charge in [0.2, 0.25) is 5.78 Å². The van der Waals surface area contributed by atoms with E-state index in [1.54, 1.807) is 11.4 Å². The van der Waals surface area contributed by atoms with E-state index in [9.17, 15) is 9.59 Å². The molecule has 0 unspecified atom stereocenters. The van der Waals surface area contributed by atoms with E-state index < -0.39 is 0 Å². The highest BCUT2D eigenvalue weighted by Gasteiger charge is 2.21. The van der Waals surface area contributed by atoms with Gasteiger partial charge in [-0.2, -0.15) is 4.98 Å². The summed E-state index contributed by atoms with van der Waals surface area (Å²) in [6, 6.07) is 8.04. The topological polar surface area (TPSA) is 66.2 Å². The minimum absolute atomic E-state index is 0.189. The number of nitrogens with zero attached hydrogens (tertiary/aromatic N) is 5. The lowest BCUT2D eigenvalue weighted by atomic mass is 10.2. The summed E-state index contributed by atoms with van der Waals surface area (Å²) in [6.07, 6.45) is 1.91. The number of imidazole rings is 2. The van der Waals surface area contributed by atoms with Crippen molar-refractivity contribution in [3.63, 3.8) is 0 Å². The zero-order valence-electron chi connectivity index (χ0n) is 16.2. The minimum Gasteiger partial charge on any atom is -0.283 e. The Morgan fingerprint density at radius 2 is 1.81 bits per heavy atom. The number of hydrogen-bond acceptors (Lipinski definition) is 3. The number of hydrogen-bond donors (Lipinski definition) is 0. The molecule has 27 heavy (non-hydrogen) atoms. The van der Waals surface area contributed by atoms with Crippen molar-refractivity contribution in [3.8, 4) is 5.69 Å². The third-order valence-corrected chi connectivity index (χ3v) is 4.93.